The summed E-state index contributed by atoms with van der Waals surface area (Å²) in [5, 5.41) is 7.69. The second-order valence-corrected chi connectivity index (χ2v) is 19.9. The number of benzene rings is 5. The van der Waals surface area contributed by atoms with Crippen LogP contribution in [0.25, 0.3) is 21.8 Å². The van der Waals surface area contributed by atoms with Crippen molar-refractivity contribution in [2.45, 2.75) is 80.9 Å². The third-order valence-corrected chi connectivity index (χ3v) is 14.4. The van der Waals surface area contributed by atoms with Crippen molar-refractivity contribution in [2.24, 2.45) is 0 Å². The molecule has 0 aliphatic rings. The van der Waals surface area contributed by atoms with Crippen LogP contribution in [0.5, 0.6) is 5.75 Å². The molecular weight excluding hydrogens is 889 g/mol. The first-order valence-electron chi connectivity index (χ1n) is 22.1. The summed E-state index contributed by atoms with van der Waals surface area (Å²) >= 11 is 0. The Labute approximate surface area is 393 Å². The molecule has 5 aromatic carbocycles. The van der Waals surface area contributed by atoms with Gasteiger partial charge in [0.1, 0.15) is 17.8 Å². The lowest BCUT2D eigenvalue weighted by Crippen LogP contribution is -2.48. The van der Waals surface area contributed by atoms with E-state index in [2.05, 4.69) is 30.0 Å². The van der Waals surface area contributed by atoms with Crippen molar-refractivity contribution in [3.63, 3.8) is 0 Å². The van der Waals surface area contributed by atoms with Gasteiger partial charge in [0.2, 0.25) is 31.9 Å². The maximum Gasteiger partial charge on any atom is 0.241 e. The lowest BCUT2D eigenvalue weighted by atomic mass is 10.0. The van der Waals surface area contributed by atoms with Crippen LogP contribution in [0.15, 0.2) is 144 Å². The Balaban J connectivity index is 0.000000222. The number of carbonyl (C=O) groups is 2. The van der Waals surface area contributed by atoms with Crippen molar-refractivity contribution in [3.05, 3.63) is 162 Å². The van der Waals surface area contributed by atoms with E-state index in [0.29, 0.717) is 19.5 Å². The smallest absolute Gasteiger partial charge is 0.241 e. The summed E-state index contributed by atoms with van der Waals surface area (Å²) in [6.07, 6.45) is 6.35. The number of H-pyrrole nitrogens is 2. The zero-order valence-corrected chi connectivity index (χ0v) is 40.1. The number of carbonyl (C=O) groups excluding carboxylic acids is 2. The van der Waals surface area contributed by atoms with Gasteiger partial charge >= 0.3 is 0 Å². The first-order valence-corrected chi connectivity index (χ1v) is 25.1. The highest BCUT2D eigenvalue weighted by Gasteiger charge is 2.28. The summed E-state index contributed by atoms with van der Waals surface area (Å²) in [5.41, 5.74) is 6.57. The lowest BCUT2D eigenvalue weighted by Gasteiger charge is -2.19. The average molecular weight is 949 g/mol. The fourth-order valence-corrected chi connectivity index (χ4v) is 9.84. The van der Waals surface area contributed by atoms with Crippen LogP contribution < -0.4 is 24.8 Å². The molecule has 7 aromatic rings. The number of sulfonamides is 2. The van der Waals surface area contributed by atoms with Gasteiger partial charge in [-0.15, -0.1) is 0 Å². The van der Waals surface area contributed by atoms with Crippen molar-refractivity contribution in [3.8, 4) is 5.75 Å². The Morgan fingerprint density at radius 2 is 1.04 bits per heavy atom. The molecule has 0 saturated heterocycles. The van der Waals surface area contributed by atoms with Crippen molar-refractivity contribution >= 4 is 53.7 Å². The Hall–Kier alpha value is -6.30. The van der Waals surface area contributed by atoms with Crippen molar-refractivity contribution in [2.75, 3.05) is 27.3 Å². The summed E-state index contributed by atoms with van der Waals surface area (Å²) in [6.45, 7) is 6.57. The topological polar surface area (TPSA) is 201 Å². The number of aryl methyl sites for hydroxylation is 2. The largest absolute Gasteiger partial charge is 0.497 e. The molecule has 3 atom stereocenters. The van der Waals surface area contributed by atoms with Crippen LogP contribution in [0.1, 0.15) is 47.6 Å². The molecule has 67 heavy (non-hydrogen) atoms. The number of ether oxygens (including phenoxy) is 2. The quantitative estimate of drug-likeness (QED) is 0.0413. The monoisotopic (exact) mass is 948 g/mol. The van der Waals surface area contributed by atoms with E-state index in [1.165, 1.54) is 0 Å². The Bertz CT molecular complexity index is 2930. The highest BCUT2D eigenvalue weighted by molar-refractivity contribution is 7.89. The predicted octanol–water partition coefficient (Wildman–Crippen LogP) is 7.03. The van der Waals surface area contributed by atoms with Gasteiger partial charge in [-0.3, -0.25) is 9.59 Å². The third-order valence-electron chi connectivity index (χ3n) is 11.4. The zero-order valence-electron chi connectivity index (χ0n) is 38.5. The molecule has 6 N–H and O–H groups in total. The van der Waals surface area contributed by atoms with Gasteiger partial charge in [-0.1, -0.05) is 83.9 Å². The highest BCUT2D eigenvalue weighted by Crippen LogP contribution is 2.22. The predicted molar refractivity (Wildman–Crippen MR) is 263 cm³/mol. The maximum atomic E-state index is 13.2. The number of hydrogen-bond acceptors (Lipinski definition) is 8. The van der Waals surface area contributed by atoms with Crippen LogP contribution in [0.4, 0.5) is 0 Å². The molecule has 0 fully saturated rings. The fourth-order valence-electron chi connectivity index (χ4n) is 7.45. The number of hydrogen-bond donors (Lipinski definition) is 6. The van der Waals surface area contributed by atoms with Crippen LogP contribution >= 0.6 is 0 Å². The molecule has 14 nitrogen and oxygen atoms in total. The number of para-hydroxylation sites is 2. The minimum absolute atomic E-state index is 0.106. The third kappa shape index (κ3) is 14.1. The van der Waals surface area contributed by atoms with Crippen LogP contribution in [-0.2, 0) is 53.6 Å². The average Bonchev–Trinajstić information content (AvgIpc) is 3.94. The minimum atomic E-state index is -3.90. The van der Waals surface area contributed by atoms with Gasteiger partial charge in [0.15, 0.2) is 0 Å². The van der Waals surface area contributed by atoms with Crippen molar-refractivity contribution in [1.29, 1.82) is 0 Å². The molecule has 7 rings (SSSR count). The second kappa shape index (κ2) is 23.4. The van der Waals surface area contributed by atoms with Gasteiger partial charge in [-0.2, -0.15) is 9.44 Å². The van der Waals surface area contributed by atoms with E-state index in [-0.39, 0.29) is 40.6 Å². The first-order chi connectivity index (χ1) is 32.1. The lowest BCUT2D eigenvalue weighted by molar-refractivity contribution is -0.123. The molecular formula is C51H60N6O8S2. The van der Waals surface area contributed by atoms with Crippen LogP contribution in [-0.4, -0.2) is 84.1 Å². The Morgan fingerprint density at radius 3 is 1.49 bits per heavy atom. The van der Waals surface area contributed by atoms with Crippen LogP contribution in [0.3, 0.4) is 0 Å². The Morgan fingerprint density at radius 1 is 0.597 bits per heavy atom. The molecule has 2 heterocycles. The molecule has 0 spiro atoms. The molecule has 2 amide bonds. The number of amides is 2. The van der Waals surface area contributed by atoms with Gasteiger partial charge in [0, 0.05) is 54.4 Å². The van der Waals surface area contributed by atoms with Crippen molar-refractivity contribution in [1.82, 2.24) is 30.0 Å². The summed E-state index contributed by atoms with van der Waals surface area (Å²) in [7, 11) is -4.50. The van der Waals surface area contributed by atoms with Gasteiger partial charge in [-0.05, 0) is 118 Å². The molecule has 354 valence electrons. The number of aromatic amines is 2. The molecule has 1 unspecified atom stereocenters. The second-order valence-electron chi connectivity index (χ2n) is 16.5. The summed E-state index contributed by atoms with van der Waals surface area (Å²) in [6, 6.07) is 34.3. The SMILES string of the molecule is COC(C)CCCNC(=O)[C@H](Cc1c[nH]c2ccccc12)NS(=O)(=O)c1ccc(C)cc1.COc1ccc(CCNC(=O)[C@H](Cc2c[nH]c3ccccc23)NS(=O)(=O)c2ccc(C)cc2)cc1. The fraction of sp³-hybridized carbons (Fsp3) is 0.294. The zero-order chi connectivity index (χ0) is 48.0. The standard InChI is InChI=1S/C27H29N3O4S.C24H31N3O4S/c1-19-7-13-23(14-8-19)35(32,33)30-26(17-21-18-29-25-6-4-3-5-24(21)25)27(31)28-16-15-20-9-11-22(34-2)12-10-20;1-17-10-12-20(13-11-17)32(29,30)27-23(24(28)25-14-6-7-18(2)31-3)15-19-16-26-22-9-5-4-8-21(19)22/h3-14,18,26,29-30H,15-17H2,1-2H3,(H,28,31);4-5,8-13,16,18,23,26-27H,6-7,14-15H2,1-3H3,(H,25,28)/t26-;18?,23-/m00/s1. The van der Waals surface area contributed by atoms with E-state index in [0.717, 1.165) is 68.2 Å². The van der Waals surface area contributed by atoms with Gasteiger partial charge < -0.3 is 30.1 Å². The number of fused-ring (bicyclic) bond motifs is 2. The van der Waals surface area contributed by atoms with Gasteiger partial charge in [-0.25, -0.2) is 16.8 Å². The van der Waals surface area contributed by atoms with Gasteiger partial charge in [0.05, 0.1) is 23.0 Å². The van der Waals surface area contributed by atoms with Gasteiger partial charge in [0.25, 0.3) is 0 Å². The summed E-state index contributed by atoms with van der Waals surface area (Å²) in [5.74, 6) is 0.0395. The first kappa shape index (κ1) is 50.1. The molecule has 0 aliphatic heterocycles. The Kier molecular flexibility index (Phi) is 17.5. The van der Waals surface area contributed by atoms with E-state index in [1.54, 1.807) is 62.8 Å². The van der Waals surface area contributed by atoms with E-state index in [1.807, 2.05) is 106 Å². The van der Waals surface area contributed by atoms with Crippen LogP contribution in [0.2, 0.25) is 0 Å². The highest BCUT2D eigenvalue weighted by atomic mass is 32.2. The number of rotatable bonds is 21. The number of aromatic nitrogens is 2. The molecule has 0 radical (unpaired) electrons. The van der Waals surface area contributed by atoms with Crippen molar-refractivity contribution < 1.29 is 35.9 Å². The minimum Gasteiger partial charge on any atom is -0.497 e. The van der Waals surface area contributed by atoms with E-state index in [4.69, 9.17) is 9.47 Å². The summed E-state index contributed by atoms with van der Waals surface area (Å²) in [4.78, 5) is 32.8. The van der Waals surface area contributed by atoms with Crippen LogP contribution in [0, 0.1) is 13.8 Å². The molecule has 0 saturated carbocycles. The van der Waals surface area contributed by atoms with E-state index >= 15 is 0 Å². The number of methoxy groups -OCH3 is 2. The number of nitrogens with one attached hydrogen (secondary N) is 6. The maximum absolute atomic E-state index is 13.2. The normalized spacial score (nSPS) is 13.0. The molecule has 16 heteroatoms. The summed E-state index contributed by atoms with van der Waals surface area (Å²) < 4.78 is 67.8. The van der Waals surface area contributed by atoms with E-state index in [9.17, 15) is 26.4 Å². The molecule has 0 bridgehead atoms. The molecule has 2 aromatic heterocycles. The molecule has 0 aliphatic carbocycles. The van der Waals surface area contributed by atoms with E-state index < -0.39 is 32.1 Å².